The second-order valence-electron chi connectivity index (χ2n) is 9.81. The predicted octanol–water partition coefficient (Wildman–Crippen LogP) is 3.10. The number of nitrogens with zero attached hydrogens (tertiary/aromatic N) is 1. The molecule has 3 N–H and O–H groups in total. The molecule has 34 heavy (non-hydrogen) atoms. The molecule has 3 amide bonds. The molecule has 1 aromatic rings. The number of rotatable bonds is 7. The quantitative estimate of drug-likeness (QED) is 0.418. The smallest absolute Gasteiger partial charge is 0.408 e. The van der Waals surface area contributed by atoms with Crippen molar-refractivity contribution in [3.8, 4) is 12.5 Å². The number of carbonyl (C=O) groups is 3. The first-order valence-corrected chi connectivity index (χ1v) is 11.7. The number of nitrogens with one attached hydrogen (secondary N) is 2. The van der Waals surface area contributed by atoms with E-state index in [1.165, 1.54) is 0 Å². The van der Waals surface area contributed by atoms with Gasteiger partial charge in [0.1, 0.15) is 17.7 Å². The minimum absolute atomic E-state index is 0.0125. The van der Waals surface area contributed by atoms with Crippen LogP contribution in [0.15, 0.2) is 18.2 Å². The zero-order chi connectivity index (χ0) is 25.5. The minimum Gasteiger partial charge on any atom is -0.444 e. The molecule has 8 heteroatoms. The van der Waals surface area contributed by atoms with Crippen LogP contribution in [0.1, 0.15) is 75.6 Å². The van der Waals surface area contributed by atoms with Gasteiger partial charge in [-0.3, -0.25) is 14.5 Å². The molecule has 0 aromatic heterocycles. The molecule has 0 spiro atoms. The van der Waals surface area contributed by atoms with E-state index in [-0.39, 0.29) is 6.04 Å². The zero-order valence-corrected chi connectivity index (χ0v) is 20.8. The second kappa shape index (κ2) is 11.9. The minimum atomic E-state index is -1.37. The van der Waals surface area contributed by atoms with E-state index in [0.29, 0.717) is 5.56 Å². The SMILES string of the molecule is C#CN(C(=O)C(CO)NC(=O)OC(C)(C)C)C(C(=O)NC1CCCCC1)c1ccc(C)c(C)c1. The van der Waals surface area contributed by atoms with Crippen LogP contribution in [-0.2, 0) is 14.3 Å². The summed E-state index contributed by atoms with van der Waals surface area (Å²) in [6, 6.07) is 5.29. The Hall–Kier alpha value is -3.05. The van der Waals surface area contributed by atoms with Gasteiger partial charge in [-0.25, -0.2) is 4.79 Å². The van der Waals surface area contributed by atoms with E-state index in [1.54, 1.807) is 26.8 Å². The van der Waals surface area contributed by atoms with E-state index >= 15 is 0 Å². The standard InChI is InChI=1S/C26H37N3O5/c1-7-29(24(32)21(16-30)28-25(33)34-26(4,5)6)22(19-14-13-17(2)18(3)15-19)23(31)27-20-11-9-8-10-12-20/h1,13-15,20-22,30H,8-12,16H2,2-6H3,(H,27,31)(H,28,33). The van der Waals surface area contributed by atoms with Gasteiger partial charge in [0.25, 0.3) is 5.91 Å². The number of alkyl carbamates (subject to hydrolysis) is 1. The fraction of sp³-hybridized carbons (Fsp3) is 0.577. The largest absolute Gasteiger partial charge is 0.444 e. The Labute approximate surface area is 202 Å². The van der Waals surface area contributed by atoms with Crippen molar-refractivity contribution in [2.75, 3.05) is 6.61 Å². The molecule has 1 saturated carbocycles. The summed E-state index contributed by atoms with van der Waals surface area (Å²) in [6.45, 7) is 8.20. The van der Waals surface area contributed by atoms with Crippen molar-refractivity contribution in [2.24, 2.45) is 0 Å². The van der Waals surface area contributed by atoms with Crippen LogP contribution < -0.4 is 10.6 Å². The van der Waals surface area contributed by atoms with Crippen LogP contribution in [0.3, 0.4) is 0 Å². The highest BCUT2D eigenvalue weighted by atomic mass is 16.6. The number of amides is 3. The van der Waals surface area contributed by atoms with Crippen molar-refractivity contribution >= 4 is 17.9 Å². The number of aliphatic hydroxyl groups is 1. The lowest BCUT2D eigenvalue weighted by molar-refractivity contribution is -0.139. The van der Waals surface area contributed by atoms with Crippen LogP contribution >= 0.6 is 0 Å². The first-order chi connectivity index (χ1) is 16.0. The highest BCUT2D eigenvalue weighted by molar-refractivity contribution is 5.93. The highest BCUT2D eigenvalue weighted by Crippen LogP contribution is 2.26. The van der Waals surface area contributed by atoms with Gasteiger partial charge in [-0.15, -0.1) is 0 Å². The van der Waals surface area contributed by atoms with Crippen molar-refractivity contribution in [2.45, 2.75) is 90.4 Å². The van der Waals surface area contributed by atoms with Crippen LogP contribution in [-0.4, -0.2) is 52.2 Å². The van der Waals surface area contributed by atoms with Crippen molar-refractivity contribution < 1.29 is 24.2 Å². The van der Waals surface area contributed by atoms with E-state index in [2.05, 4.69) is 16.7 Å². The topological polar surface area (TPSA) is 108 Å². The summed E-state index contributed by atoms with van der Waals surface area (Å²) in [5, 5.41) is 15.2. The first-order valence-electron chi connectivity index (χ1n) is 11.7. The van der Waals surface area contributed by atoms with Gasteiger partial charge in [-0.1, -0.05) is 43.9 Å². The number of terminal acetylenes is 1. The Morgan fingerprint density at radius 1 is 1.18 bits per heavy atom. The Kier molecular flexibility index (Phi) is 9.51. The molecular formula is C26H37N3O5. The van der Waals surface area contributed by atoms with Gasteiger partial charge in [0.15, 0.2) is 0 Å². The molecule has 2 atom stereocenters. The highest BCUT2D eigenvalue weighted by Gasteiger charge is 2.36. The third-order valence-corrected chi connectivity index (χ3v) is 5.85. The summed E-state index contributed by atoms with van der Waals surface area (Å²) < 4.78 is 5.19. The Bertz CT molecular complexity index is 925. The lowest BCUT2D eigenvalue weighted by Crippen LogP contribution is -2.53. The maximum absolute atomic E-state index is 13.5. The van der Waals surface area contributed by atoms with Crippen molar-refractivity contribution in [3.05, 3.63) is 34.9 Å². The maximum Gasteiger partial charge on any atom is 0.408 e. The Balaban J connectivity index is 2.35. The predicted molar refractivity (Wildman–Crippen MR) is 130 cm³/mol. The fourth-order valence-corrected chi connectivity index (χ4v) is 3.95. The normalized spacial score (nSPS) is 16.0. The molecule has 0 radical (unpaired) electrons. The van der Waals surface area contributed by atoms with Gasteiger partial charge in [-0.2, -0.15) is 0 Å². The molecule has 0 bridgehead atoms. The molecule has 0 aliphatic heterocycles. The van der Waals surface area contributed by atoms with E-state index in [0.717, 1.165) is 48.1 Å². The average molecular weight is 472 g/mol. The number of hydrogen-bond acceptors (Lipinski definition) is 5. The molecule has 1 fully saturated rings. The van der Waals surface area contributed by atoms with Gasteiger partial charge in [0, 0.05) is 12.1 Å². The average Bonchev–Trinajstić information content (AvgIpc) is 2.76. The van der Waals surface area contributed by atoms with E-state index in [1.807, 2.05) is 26.0 Å². The molecule has 2 unspecified atom stereocenters. The summed E-state index contributed by atoms with van der Waals surface area (Å²) >= 11 is 0. The number of aryl methyl sites for hydroxylation is 2. The summed E-state index contributed by atoms with van der Waals surface area (Å²) in [6.07, 6.45) is 9.79. The summed E-state index contributed by atoms with van der Waals surface area (Å²) in [5.41, 5.74) is 1.74. The number of hydrogen-bond donors (Lipinski definition) is 3. The third kappa shape index (κ3) is 7.49. The molecule has 186 valence electrons. The molecule has 8 nitrogen and oxygen atoms in total. The molecule has 1 aliphatic rings. The van der Waals surface area contributed by atoms with Gasteiger partial charge in [0.05, 0.1) is 6.61 Å². The van der Waals surface area contributed by atoms with Crippen molar-refractivity contribution in [3.63, 3.8) is 0 Å². The second-order valence-corrected chi connectivity index (χ2v) is 9.81. The molecule has 2 rings (SSSR count). The fourth-order valence-electron chi connectivity index (χ4n) is 3.95. The summed E-state index contributed by atoms with van der Waals surface area (Å²) in [5.74, 6) is -1.17. The lowest BCUT2D eigenvalue weighted by Gasteiger charge is -2.32. The van der Waals surface area contributed by atoms with Crippen LogP contribution in [0.4, 0.5) is 4.79 Å². The number of ether oxygens (including phenoxy) is 1. The molecule has 1 aromatic carbocycles. The van der Waals surface area contributed by atoms with Gasteiger partial charge in [0.2, 0.25) is 5.91 Å². The third-order valence-electron chi connectivity index (χ3n) is 5.85. The molecule has 0 saturated heterocycles. The van der Waals surface area contributed by atoms with Crippen molar-refractivity contribution in [1.82, 2.24) is 15.5 Å². The number of aliphatic hydroxyl groups excluding tert-OH is 1. The first kappa shape index (κ1) is 27.2. The van der Waals surface area contributed by atoms with E-state index < -0.39 is 42.2 Å². The molecule has 1 aliphatic carbocycles. The van der Waals surface area contributed by atoms with Crippen LogP contribution in [0.2, 0.25) is 0 Å². The van der Waals surface area contributed by atoms with Crippen molar-refractivity contribution in [1.29, 1.82) is 0 Å². The maximum atomic E-state index is 13.5. The van der Waals surface area contributed by atoms with Gasteiger partial charge in [-0.05, 0) is 64.2 Å². The van der Waals surface area contributed by atoms with Crippen LogP contribution in [0, 0.1) is 26.3 Å². The summed E-state index contributed by atoms with van der Waals surface area (Å²) in [4.78, 5) is 40.0. The lowest BCUT2D eigenvalue weighted by atomic mass is 9.94. The Morgan fingerprint density at radius 3 is 2.35 bits per heavy atom. The molecular weight excluding hydrogens is 434 g/mol. The van der Waals surface area contributed by atoms with E-state index in [9.17, 15) is 19.5 Å². The number of benzene rings is 1. The van der Waals surface area contributed by atoms with Crippen LogP contribution in [0.5, 0.6) is 0 Å². The monoisotopic (exact) mass is 471 g/mol. The van der Waals surface area contributed by atoms with Gasteiger partial charge < -0.3 is 20.5 Å². The number of carbonyl (C=O) groups excluding carboxylic acids is 3. The van der Waals surface area contributed by atoms with Crippen LogP contribution in [0.25, 0.3) is 0 Å². The summed E-state index contributed by atoms with van der Waals surface area (Å²) in [7, 11) is 0. The van der Waals surface area contributed by atoms with Gasteiger partial charge >= 0.3 is 6.09 Å². The Morgan fingerprint density at radius 2 is 1.82 bits per heavy atom. The molecule has 0 heterocycles. The zero-order valence-electron chi connectivity index (χ0n) is 20.8. The van der Waals surface area contributed by atoms with E-state index in [4.69, 9.17) is 11.2 Å².